The van der Waals surface area contributed by atoms with E-state index in [1.807, 2.05) is 68.4 Å². The Hall–Kier alpha value is -3.37. The van der Waals surface area contributed by atoms with E-state index in [2.05, 4.69) is 21.2 Å². The Morgan fingerprint density at radius 3 is 2.09 bits per heavy atom. The summed E-state index contributed by atoms with van der Waals surface area (Å²) in [4.78, 5) is 29.8. The number of nitrogens with zero attached hydrogens (tertiary/aromatic N) is 2. The first-order valence-corrected chi connectivity index (χ1v) is 17.3. The summed E-state index contributed by atoms with van der Waals surface area (Å²) in [5.74, 6) is -0.746. The average molecular weight is 732 g/mol. The van der Waals surface area contributed by atoms with Gasteiger partial charge in [0.2, 0.25) is 11.8 Å². The lowest BCUT2D eigenvalue weighted by Crippen LogP contribution is -2.53. The zero-order valence-corrected chi connectivity index (χ0v) is 28.8. The zero-order chi connectivity index (χ0) is 32.6. The van der Waals surface area contributed by atoms with Gasteiger partial charge in [0.15, 0.2) is 0 Å². The molecule has 0 aromatic heterocycles. The van der Waals surface area contributed by atoms with Crippen LogP contribution in [0.4, 0.5) is 5.69 Å². The normalized spacial score (nSPS) is 12.0. The largest absolute Gasteiger partial charge is 0.354 e. The zero-order valence-electron chi connectivity index (χ0n) is 24.9. The number of hydrogen-bond donors (Lipinski definition) is 1. The molecule has 4 aromatic rings. The smallest absolute Gasteiger partial charge is 0.264 e. The quantitative estimate of drug-likeness (QED) is 0.156. The van der Waals surface area contributed by atoms with E-state index in [0.29, 0.717) is 6.54 Å². The van der Waals surface area contributed by atoms with Crippen molar-refractivity contribution in [1.29, 1.82) is 0 Å². The van der Waals surface area contributed by atoms with E-state index in [1.54, 1.807) is 18.2 Å². The van der Waals surface area contributed by atoms with Gasteiger partial charge < -0.3 is 10.2 Å². The summed E-state index contributed by atoms with van der Waals surface area (Å²) in [5, 5.41) is 3.33. The monoisotopic (exact) mass is 729 g/mol. The van der Waals surface area contributed by atoms with E-state index in [0.717, 1.165) is 19.9 Å². The fraction of sp³-hybridized carbons (Fsp3) is 0.235. The van der Waals surface area contributed by atoms with Gasteiger partial charge >= 0.3 is 0 Å². The minimum Gasteiger partial charge on any atom is -0.354 e. The van der Waals surface area contributed by atoms with Gasteiger partial charge in [-0.15, -0.1) is 0 Å². The highest BCUT2D eigenvalue weighted by molar-refractivity contribution is 9.10. The van der Waals surface area contributed by atoms with Crippen LogP contribution >= 0.6 is 39.1 Å². The predicted molar refractivity (Wildman–Crippen MR) is 184 cm³/mol. The van der Waals surface area contributed by atoms with Crippen molar-refractivity contribution < 1.29 is 18.0 Å². The van der Waals surface area contributed by atoms with Gasteiger partial charge in [0.1, 0.15) is 12.6 Å². The molecule has 0 spiro atoms. The molecule has 0 saturated carbocycles. The van der Waals surface area contributed by atoms with Crippen LogP contribution in [0.2, 0.25) is 10.0 Å². The maximum Gasteiger partial charge on any atom is 0.264 e. The third-order valence-electron chi connectivity index (χ3n) is 7.01. The first kappa shape index (κ1) is 34.5. The summed E-state index contributed by atoms with van der Waals surface area (Å²) < 4.78 is 30.0. The second kappa shape index (κ2) is 15.8. The Morgan fingerprint density at radius 2 is 1.47 bits per heavy atom. The highest BCUT2D eigenvalue weighted by Crippen LogP contribution is 2.33. The molecule has 0 radical (unpaired) electrons. The van der Waals surface area contributed by atoms with Crippen molar-refractivity contribution in [1.82, 2.24) is 10.2 Å². The second-order valence-electron chi connectivity index (χ2n) is 10.9. The first-order valence-electron chi connectivity index (χ1n) is 14.3. The van der Waals surface area contributed by atoms with Gasteiger partial charge in [-0.05, 0) is 59.5 Å². The van der Waals surface area contributed by atoms with Crippen molar-refractivity contribution in [2.24, 2.45) is 5.92 Å². The van der Waals surface area contributed by atoms with E-state index in [9.17, 15) is 18.0 Å². The summed E-state index contributed by atoms with van der Waals surface area (Å²) in [6, 6.07) is 28.1. The molecule has 0 fully saturated rings. The van der Waals surface area contributed by atoms with Gasteiger partial charge in [0, 0.05) is 29.0 Å². The number of hydrogen-bond acceptors (Lipinski definition) is 4. The van der Waals surface area contributed by atoms with Crippen molar-refractivity contribution >= 4 is 66.7 Å². The lowest BCUT2D eigenvalue weighted by Gasteiger charge is -2.34. The average Bonchev–Trinajstić information content (AvgIpc) is 3.03. The molecule has 11 heteroatoms. The van der Waals surface area contributed by atoms with Crippen molar-refractivity contribution in [3.63, 3.8) is 0 Å². The van der Waals surface area contributed by atoms with Crippen molar-refractivity contribution in [2.45, 2.75) is 37.8 Å². The molecule has 4 aromatic carbocycles. The molecule has 0 saturated heterocycles. The Morgan fingerprint density at radius 1 is 0.844 bits per heavy atom. The summed E-state index contributed by atoms with van der Waals surface area (Å²) >= 11 is 16.3. The lowest BCUT2D eigenvalue weighted by atomic mass is 10.0. The summed E-state index contributed by atoms with van der Waals surface area (Å²) in [5.41, 5.74) is 1.66. The summed E-state index contributed by atoms with van der Waals surface area (Å²) in [7, 11) is -4.29. The summed E-state index contributed by atoms with van der Waals surface area (Å²) in [6.45, 7) is 3.81. The SMILES string of the molecule is CC(C)CNC(=O)[C@@H](Cc1ccccc1)N(Cc1ccc(Br)cc1)C(=O)CN(c1cc(Cl)ccc1Cl)S(=O)(=O)c1ccccc1. The van der Waals surface area contributed by atoms with Crippen molar-refractivity contribution in [3.8, 4) is 0 Å². The first-order chi connectivity index (χ1) is 21.5. The standard InChI is InChI=1S/C34H34BrCl2N3O4S/c1-24(2)21-38-34(42)32(19-25-9-5-3-6-10-25)39(22-26-13-15-27(35)16-14-26)33(41)23-40(31-20-28(36)17-18-30(31)37)45(43,44)29-11-7-4-8-12-29/h3-18,20,24,32H,19,21-23H2,1-2H3,(H,38,42)/t32-/m1/s1. The molecular weight excluding hydrogens is 697 g/mol. The molecule has 0 unspecified atom stereocenters. The molecule has 4 rings (SSSR count). The number of sulfonamides is 1. The molecule has 0 aliphatic heterocycles. The van der Waals surface area contributed by atoms with Crippen LogP contribution < -0.4 is 9.62 Å². The molecule has 1 N–H and O–H groups in total. The van der Waals surface area contributed by atoms with Gasteiger partial charge in [0.25, 0.3) is 10.0 Å². The van der Waals surface area contributed by atoms with E-state index >= 15 is 0 Å². The lowest BCUT2D eigenvalue weighted by molar-refractivity contribution is -0.140. The van der Waals surface area contributed by atoms with Crippen LogP contribution in [-0.2, 0) is 32.6 Å². The molecule has 0 heterocycles. The second-order valence-corrected chi connectivity index (χ2v) is 14.5. The Balaban J connectivity index is 1.82. The van der Waals surface area contributed by atoms with Gasteiger partial charge in [0.05, 0.1) is 15.6 Å². The number of benzene rings is 4. The molecule has 0 bridgehead atoms. The Labute approximate surface area is 283 Å². The maximum atomic E-state index is 14.5. The van der Waals surface area contributed by atoms with Crippen LogP contribution in [0.3, 0.4) is 0 Å². The van der Waals surface area contributed by atoms with Gasteiger partial charge in [-0.1, -0.05) is 114 Å². The van der Waals surface area contributed by atoms with Crippen LogP contribution in [0.25, 0.3) is 0 Å². The number of anilines is 1. The van der Waals surface area contributed by atoms with E-state index in [-0.39, 0.29) is 45.4 Å². The van der Waals surface area contributed by atoms with Crippen LogP contribution in [0.1, 0.15) is 25.0 Å². The molecular formula is C34H34BrCl2N3O4S. The number of carbonyl (C=O) groups excluding carboxylic acids is 2. The molecule has 0 aliphatic carbocycles. The van der Waals surface area contributed by atoms with Gasteiger partial charge in [-0.25, -0.2) is 8.42 Å². The minimum absolute atomic E-state index is 0.0242. The molecule has 236 valence electrons. The number of amides is 2. The maximum absolute atomic E-state index is 14.5. The van der Waals surface area contributed by atoms with Gasteiger partial charge in [-0.2, -0.15) is 0 Å². The van der Waals surface area contributed by atoms with Crippen molar-refractivity contribution in [2.75, 3.05) is 17.4 Å². The summed E-state index contributed by atoms with van der Waals surface area (Å²) in [6.07, 6.45) is 0.219. The third kappa shape index (κ3) is 9.33. The topological polar surface area (TPSA) is 86.8 Å². The van der Waals surface area contributed by atoms with Crippen LogP contribution in [-0.4, -0.2) is 44.3 Å². The van der Waals surface area contributed by atoms with E-state index in [4.69, 9.17) is 23.2 Å². The van der Waals surface area contributed by atoms with Crippen LogP contribution in [0.15, 0.2) is 112 Å². The highest BCUT2D eigenvalue weighted by Gasteiger charge is 2.35. The van der Waals surface area contributed by atoms with E-state index in [1.165, 1.54) is 35.2 Å². The Kier molecular flexibility index (Phi) is 12.1. The van der Waals surface area contributed by atoms with Gasteiger partial charge in [-0.3, -0.25) is 13.9 Å². The number of nitrogens with one attached hydrogen (secondary N) is 1. The minimum atomic E-state index is -4.29. The number of halogens is 3. The molecule has 2 amide bonds. The predicted octanol–water partition coefficient (Wildman–Crippen LogP) is 7.36. The Bertz CT molecular complexity index is 1710. The fourth-order valence-electron chi connectivity index (χ4n) is 4.67. The van der Waals surface area contributed by atoms with Crippen LogP contribution in [0, 0.1) is 5.92 Å². The molecule has 45 heavy (non-hydrogen) atoms. The third-order valence-corrected chi connectivity index (χ3v) is 9.87. The van der Waals surface area contributed by atoms with Crippen molar-refractivity contribution in [3.05, 3.63) is 129 Å². The molecule has 7 nitrogen and oxygen atoms in total. The fourth-order valence-corrected chi connectivity index (χ4v) is 6.82. The highest BCUT2D eigenvalue weighted by atomic mass is 79.9. The molecule has 1 atom stereocenters. The molecule has 0 aliphatic rings. The van der Waals surface area contributed by atoms with Crippen LogP contribution in [0.5, 0.6) is 0 Å². The number of rotatable bonds is 13. The van der Waals surface area contributed by atoms with E-state index < -0.39 is 28.5 Å². The number of carbonyl (C=O) groups is 2.